The molecular formula is C16H21NO2. The zero-order valence-corrected chi connectivity index (χ0v) is 11.3. The molecule has 0 bridgehead atoms. The van der Waals surface area contributed by atoms with E-state index in [1.165, 1.54) is 5.56 Å². The van der Waals surface area contributed by atoms with E-state index in [1.54, 1.807) is 0 Å². The van der Waals surface area contributed by atoms with Crippen LogP contribution in [0, 0.1) is 5.92 Å². The molecule has 1 aromatic rings. The maximum atomic E-state index is 10.8. The van der Waals surface area contributed by atoms with Crippen molar-refractivity contribution in [2.75, 3.05) is 26.2 Å². The van der Waals surface area contributed by atoms with Gasteiger partial charge in [-0.1, -0.05) is 18.2 Å². The van der Waals surface area contributed by atoms with E-state index < -0.39 is 0 Å². The summed E-state index contributed by atoms with van der Waals surface area (Å²) in [4.78, 5) is 13.3. The zero-order valence-electron chi connectivity index (χ0n) is 11.3. The number of ether oxygens (including phenoxy) is 1. The lowest BCUT2D eigenvalue weighted by Gasteiger charge is -2.34. The Kier molecular flexibility index (Phi) is 3.83. The van der Waals surface area contributed by atoms with Gasteiger partial charge >= 0.3 is 0 Å². The third-order valence-corrected chi connectivity index (χ3v) is 4.39. The van der Waals surface area contributed by atoms with Crippen LogP contribution in [0.5, 0.6) is 5.75 Å². The van der Waals surface area contributed by atoms with Gasteiger partial charge in [-0.15, -0.1) is 0 Å². The van der Waals surface area contributed by atoms with E-state index in [0.717, 1.165) is 57.5 Å². The molecule has 0 spiro atoms. The molecule has 102 valence electrons. The number of aldehydes is 1. The van der Waals surface area contributed by atoms with Crippen LogP contribution in [0.2, 0.25) is 0 Å². The van der Waals surface area contributed by atoms with Gasteiger partial charge in [0.1, 0.15) is 12.0 Å². The number of benzene rings is 1. The highest BCUT2D eigenvalue weighted by Crippen LogP contribution is 2.34. The lowest BCUT2D eigenvalue weighted by Crippen LogP contribution is -2.37. The van der Waals surface area contributed by atoms with Crippen LogP contribution in [-0.2, 0) is 4.79 Å². The molecule has 3 heteroatoms. The van der Waals surface area contributed by atoms with E-state index in [4.69, 9.17) is 4.74 Å². The first kappa shape index (κ1) is 12.7. The molecule has 0 N–H and O–H groups in total. The Hall–Kier alpha value is -1.35. The minimum absolute atomic E-state index is 0.290. The first-order valence-corrected chi connectivity index (χ1v) is 7.26. The van der Waals surface area contributed by atoms with Gasteiger partial charge in [0, 0.05) is 18.4 Å². The summed E-state index contributed by atoms with van der Waals surface area (Å²) < 4.78 is 5.71. The molecule has 0 aliphatic carbocycles. The Morgan fingerprint density at radius 2 is 2.00 bits per heavy atom. The van der Waals surface area contributed by atoms with Crippen LogP contribution in [0.4, 0.5) is 0 Å². The van der Waals surface area contributed by atoms with E-state index >= 15 is 0 Å². The van der Waals surface area contributed by atoms with E-state index in [-0.39, 0.29) is 0 Å². The standard InChI is InChI=1S/C16H21NO2/c18-12-13-5-8-17(9-6-13)11-14-7-10-19-16-4-2-1-3-15(14)16/h1-4,12-14H,5-11H2. The number of para-hydroxylation sites is 1. The highest BCUT2D eigenvalue weighted by Gasteiger charge is 2.25. The van der Waals surface area contributed by atoms with Gasteiger partial charge in [0.15, 0.2) is 0 Å². The summed E-state index contributed by atoms with van der Waals surface area (Å²) in [7, 11) is 0. The first-order chi connectivity index (χ1) is 9.36. The van der Waals surface area contributed by atoms with Gasteiger partial charge in [0.25, 0.3) is 0 Å². The molecule has 2 aliphatic rings. The second-order valence-corrected chi connectivity index (χ2v) is 5.65. The Balaban J connectivity index is 1.64. The number of piperidine rings is 1. The maximum Gasteiger partial charge on any atom is 0.123 e. The summed E-state index contributed by atoms with van der Waals surface area (Å²) in [6, 6.07) is 8.40. The minimum Gasteiger partial charge on any atom is -0.493 e. The lowest BCUT2D eigenvalue weighted by molar-refractivity contribution is -0.112. The van der Waals surface area contributed by atoms with Crippen molar-refractivity contribution in [1.82, 2.24) is 4.90 Å². The minimum atomic E-state index is 0.290. The van der Waals surface area contributed by atoms with Gasteiger partial charge in [0.05, 0.1) is 6.61 Å². The molecule has 2 heterocycles. The quantitative estimate of drug-likeness (QED) is 0.781. The summed E-state index contributed by atoms with van der Waals surface area (Å²) >= 11 is 0. The van der Waals surface area contributed by atoms with Crippen molar-refractivity contribution in [3.63, 3.8) is 0 Å². The Labute approximate surface area is 114 Å². The molecule has 1 atom stereocenters. The first-order valence-electron chi connectivity index (χ1n) is 7.26. The average molecular weight is 259 g/mol. The van der Waals surface area contributed by atoms with Crippen LogP contribution in [0.15, 0.2) is 24.3 Å². The van der Waals surface area contributed by atoms with E-state index in [2.05, 4.69) is 23.1 Å². The number of rotatable bonds is 3. The molecule has 19 heavy (non-hydrogen) atoms. The van der Waals surface area contributed by atoms with Crippen LogP contribution in [-0.4, -0.2) is 37.4 Å². The zero-order chi connectivity index (χ0) is 13.1. The highest BCUT2D eigenvalue weighted by molar-refractivity contribution is 5.53. The fourth-order valence-electron chi connectivity index (χ4n) is 3.19. The third-order valence-electron chi connectivity index (χ3n) is 4.39. The smallest absolute Gasteiger partial charge is 0.123 e. The van der Waals surface area contributed by atoms with E-state index in [0.29, 0.717) is 11.8 Å². The van der Waals surface area contributed by atoms with Crippen molar-refractivity contribution in [1.29, 1.82) is 0 Å². The number of hydrogen-bond acceptors (Lipinski definition) is 3. The fourth-order valence-corrected chi connectivity index (χ4v) is 3.19. The van der Waals surface area contributed by atoms with Gasteiger partial charge in [-0.25, -0.2) is 0 Å². The molecular weight excluding hydrogens is 238 g/mol. The second-order valence-electron chi connectivity index (χ2n) is 5.65. The molecule has 1 fully saturated rings. The van der Waals surface area contributed by atoms with Gasteiger partial charge in [-0.2, -0.15) is 0 Å². The Morgan fingerprint density at radius 1 is 1.21 bits per heavy atom. The maximum absolute atomic E-state index is 10.8. The van der Waals surface area contributed by atoms with Crippen molar-refractivity contribution >= 4 is 6.29 Å². The van der Waals surface area contributed by atoms with Crippen LogP contribution in [0.25, 0.3) is 0 Å². The number of nitrogens with zero attached hydrogens (tertiary/aromatic N) is 1. The highest BCUT2D eigenvalue weighted by atomic mass is 16.5. The summed E-state index contributed by atoms with van der Waals surface area (Å²) in [5.74, 6) is 1.93. The van der Waals surface area contributed by atoms with Crippen LogP contribution in [0.3, 0.4) is 0 Å². The normalized spacial score (nSPS) is 24.5. The molecule has 1 saturated heterocycles. The topological polar surface area (TPSA) is 29.5 Å². The summed E-state index contributed by atoms with van der Waals surface area (Å²) in [5.41, 5.74) is 1.35. The summed E-state index contributed by atoms with van der Waals surface area (Å²) in [6.07, 6.45) is 4.27. The molecule has 0 aromatic heterocycles. The van der Waals surface area contributed by atoms with Gasteiger partial charge < -0.3 is 14.4 Å². The predicted octanol–water partition coefficient (Wildman–Crippen LogP) is 2.46. The van der Waals surface area contributed by atoms with Crippen molar-refractivity contribution in [3.8, 4) is 5.75 Å². The van der Waals surface area contributed by atoms with Crippen molar-refractivity contribution in [2.45, 2.75) is 25.2 Å². The Bertz CT molecular complexity index is 438. The molecule has 0 radical (unpaired) electrons. The largest absolute Gasteiger partial charge is 0.493 e. The van der Waals surface area contributed by atoms with Crippen molar-refractivity contribution in [2.24, 2.45) is 5.92 Å². The van der Waals surface area contributed by atoms with Crippen LogP contribution in [0.1, 0.15) is 30.7 Å². The second kappa shape index (κ2) is 5.74. The molecule has 3 nitrogen and oxygen atoms in total. The number of carbonyl (C=O) groups is 1. The number of likely N-dealkylation sites (tertiary alicyclic amines) is 1. The van der Waals surface area contributed by atoms with Crippen molar-refractivity contribution < 1.29 is 9.53 Å². The molecule has 1 aromatic carbocycles. The SMILES string of the molecule is O=CC1CCN(CC2CCOc3ccccc32)CC1. The molecule has 3 rings (SSSR count). The number of fused-ring (bicyclic) bond motifs is 1. The molecule has 0 saturated carbocycles. The molecule has 2 aliphatic heterocycles. The van der Waals surface area contributed by atoms with Crippen molar-refractivity contribution in [3.05, 3.63) is 29.8 Å². The van der Waals surface area contributed by atoms with Gasteiger partial charge in [0.2, 0.25) is 0 Å². The monoisotopic (exact) mass is 259 g/mol. The Morgan fingerprint density at radius 3 is 2.79 bits per heavy atom. The number of hydrogen-bond donors (Lipinski definition) is 0. The molecule has 0 amide bonds. The van der Waals surface area contributed by atoms with Gasteiger partial charge in [-0.3, -0.25) is 0 Å². The average Bonchev–Trinajstić information content (AvgIpc) is 2.48. The summed E-state index contributed by atoms with van der Waals surface area (Å²) in [6.45, 7) is 4.05. The number of carbonyl (C=O) groups excluding carboxylic acids is 1. The summed E-state index contributed by atoms with van der Waals surface area (Å²) in [5, 5.41) is 0. The fraction of sp³-hybridized carbons (Fsp3) is 0.562. The molecule has 1 unspecified atom stereocenters. The third kappa shape index (κ3) is 2.81. The van der Waals surface area contributed by atoms with E-state index in [9.17, 15) is 4.79 Å². The van der Waals surface area contributed by atoms with Gasteiger partial charge in [-0.05, 0) is 44.0 Å². The van der Waals surface area contributed by atoms with Crippen LogP contribution >= 0.6 is 0 Å². The van der Waals surface area contributed by atoms with Crippen LogP contribution < -0.4 is 4.74 Å². The van der Waals surface area contributed by atoms with E-state index in [1.807, 2.05) is 6.07 Å². The lowest BCUT2D eigenvalue weighted by atomic mass is 9.91. The predicted molar refractivity (Wildman–Crippen MR) is 74.5 cm³/mol.